The lowest BCUT2D eigenvalue weighted by Gasteiger charge is -2.29. The van der Waals surface area contributed by atoms with E-state index in [2.05, 4.69) is 9.97 Å². The normalized spacial score (nSPS) is 19.6. The van der Waals surface area contributed by atoms with Gasteiger partial charge in [0, 0.05) is 12.2 Å². The Morgan fingerprint density at radius 1 is 1.21 bits per heavy atom. The van der Waals surface area contributed by atoms with E-state index in [1.54, 1.807) is 16.7 Å². The molecule has 0 amide bonds. The summed E-state index contributed by atoms with van der Waals surface area (Å²) in [7, 11) is 0. The number of fused-ring (bicyclic) bond motifs is 1. The van der Waals surface area contributed by atoms with Gasteiger partial charge < -0.3 is 14.8 Å². The molecule has 2 heterocycles. The Bertz CT molecular complexity index is 1100. The number of aromatic carboxylic acids is 1. The number of carboxylic acids is 1. The zero-order valence-electron chi connectivity index (χ0n) is 14.7. The molecule has 0 radical (unpaired) electrons. The van der Waals surface area contributed by atoms with Crippen LogP contribution in [0, 0.1) is 0 Å². The van der Waals surface area contributed by atoms with Gasteiger partial charge in [-0.1, -0.05) is 23.2 Å². The summed E-state index contributed by atoms with van der Waals surface area (Å²) in [6.45, 7) is 0. The van der Waals surface area contributed by atoms with Gasteiger partial charge in [0.15, 0.2) is 0 Å². The highest BCUT2D eigenvalue weighted by Crippen LogP contribution is 2.33. The predicted molar refractivity (Wildman–Crippen MR) is 106 cm³/mol. The van der Waals surface area contributed by atoms with Gasteiger partial charge in [-0.3, -0.25) is 4.57 Å². The van der Waals surface area contributed by atoms with Crippen molar-refractivity contribution in [1.82, 2.24) is 14.5 Å². The smallest absolute Gasteiger partial charge is 0.335 e. The molecule has 1 fully saturated rings. The van der Waals surface area contributed by atoms with Gasteiger partial charge in [0.2, 0.25) is 5.88 Å². The van der Waals surface area contributed by atoms with E-state index in [4.69, 9.17) is 27.9 Å². The Balaban J connectivity index is 1.52. The lowest BCUT2D eigenvalue weighted by Crippen LogP contribution is -2.30. The average Bonchev–Trinajstić information content (AvgIpc) is 2.99. The number of nitrogens with one attached hydrogen (secondary N) is 1. The van der Waals surface area contributed by atoms with Crippen LogP contribution >= 0.6 is 23.2 Å². The maximum absolute atomic E-state index is 12.5. The zero-order valence-corrected chi connectivity index (χ0v) is 16.2. The minimum absolute atomic E-state index is 0.0289. The summed E-state index contributed by atoms with van der Waals surface area (Å²) in [5.74, 6) is -0.670. The largest absolute Gasteiger partial charge is 0.478 e. The van der Waals surface area contributed by atoms with E-state index in [1.807, 2.05) is 0 Å². The van der Waals surface area contributed by atoms with Crippen molar-refractivity contribution in [3.63, 3.8) is 0 Å². The highest BCUT2D eigenvalue weighted by Gasteiger charge is 2.27. The van der Waals surface area contributed by atoms with Crippen molar-refractivity contribution in [2.24, 2.45) is 0 Å². The van der Waals surface area contributed by atoms with Crippen molar-refractivity contribution in [2.75, 3.05) is 0 Å². The first-order chi connectivity index (χ1) is 13.4. The van der Waals surface area contributed by atoms with Crippen LogP contribution in [0.3, 0.4) is 0 Å². The van der Waals surface area contributed by atoms with E-state index in [0.717, 1.165) is 25.7 Å². The average molecular weight is 422 g/mol. The van der Waals surface area contributed by atoms with E-state index in [1.165, 1.54) is 18.3 Å². The lowest BCUT2D eigenvalue weighted by atomic mass is 9.92. The molecule has 28 heavy (non-hydrogen) atoms. The summed E-state index contributed by atoms with van der Waals surface area (Å²) < 4.78 is 7.56. The van der Waals surface area contributed by atoms with Crippen LogP contribution in [0.1, 0.15) is 42.1 Å². The van der Waals surface area contributed by atoms with E-state index in [-0.39, 0.29) is 23.4 Å². The number of aromatic amines is 1. The molecule has 0 aliphatic heterocycles. The first kappa shape index (κ1) is 18.8. The van der Waals surface area contributed by atoms with Crippen molar-refractivity contribution in [2.45, 2.75) is 37.8 Å². The minimum atomic E-state index is -1.02. The molecule has 1 aliphatic carbocycles. The molecule has 1 saturated carbocycles. The van der Waals surface area contributed by atoms with Gasteiger partial charge in [0.05, 0.1) is 21.6 Å². The molecule has 2 N–H and O–H groups in total. The first-order valence-electron chi connectivity index (χ1n) is 8.87. The SMILES string of the molecule is O=C(O)c1ccc2[nH]c(=O)n(C3CCC(Oc4ncc(Cl)cc4Cl)CC3)c2c1. The number of halogens is 2. The fourth-order valence-electron chi connectivity index (χ4n) is 3.68. The number of hydrogen-bond acceptors (Lipinski definition) is 4. The topological polar surface area (TPSA) is 97.2 Å². The summed E-state index contributed by atoms with van der Waals surface area (Å²) in [6.07, 6.45) is 4.32. The Morgan fingerprint density at radius 2 is 1.96 bits per heavy atom. The zero-order chi connectivity index (χ0) is 19.8. The number of carboxylic acid groups (broad SMARTS) is 1. The Hall–Kier alpha value is -2.51. The van der Waals surface area contributed by atoms with Gasteiger partial charge in [0.25, 0.3) is 0 Å². The standard InChI is InChI=1S/C19H17Cl2N3O4/c20-11-8-14(21)17(22-9-11)28-13-4-2-12(3-5-13)24-16-7-10(18(25)26)1-6-15(16)23-19(24)27/h1,6-9,12-13H,2-5H2,(H,23,27)(H,25,26). The first-order valence-corrected chi connectivity index (χ1v) is 9.63. The van der Waals surface area contributed by atoms with Crippen molar-refractivity contribution in [3.8, 4) is 5.88 Å². The van der Waals surface area contributed by atoms with Crippen LogP contribution in [0.2, 0.25) is 10.0 Å². The molecule has 0 saturated heterocycles. The highest BCUT2D eigenvalue weighted by atomic mass is 35.5. The lowest BCUT2D eigenvalue weighted by molar-refractivity contribution is 0.0697. The summed E-state index contributed by atoms with van der Waals surface area (Å²) in [5.41, 5.74) is 1.16. The van der Waals surface area contributed by atoms with Crippen LogP contribution in [0.25, 0.3) is 11.0 Å². The number of H-pyrrole nitrogens is 1. The molecule has 2 aromatic heterocycles. The fraction of sp³-hybridized carbons (Fsp3) is 0.316. The molecular formula is C19H17Cl2N3O4. The van der Waals surface area contributed by atoms with E-state index >= 15 is 0 Å². The number of ether oxygens (including phenoxy) is 1. The maximum Gasteiger partial charge on any atom is 0.335 e. The molecule has 0 unspecified atom stereocenters. The number of rotatable bonds is 4. The van der Waals surface area contributed by atoms with Crippen molar-refractivity contribution >= 4 is 40.2 Å². The molecule has 0 atom stereocenters. The molecule has 1 aliphatic rings. The Kier molecular flexibility index (Phi) is 5.03. The Labute approximate surface area is 169 Å². The molecule has 9 heteroatoms. The van der Waals surface area contributed by atoms with Gasteiger partial charge in [-0.05, 0) is 49.9 Å². The van der Waals surface area contributed by atoms with Crippen molar-refractivity contribution in [1.29, 1.82) is 0 Å². The summed E-state index contributed by atoms with van der Waals surface area (Å²) in [5, 5.41) is 10.0. The predicted octanol–water partition coefficient (Wildman–Crippen LogP) is 4.29. The van der Waals surface area contributed by atoms with Crippen LogP contribution in [-0.4, -0.2) is 31.7 Å². The van der Waals surface area contributed by atoms with Crippen LogP contribution in [-0.2, 0) is 0 Å². The van der Waals surface area contributed by atoms with Crippen LogP contribution in [0.5, 0.6) is 5.88 Å². The van der Waals surface area contributed by atoms with E-state index in [9.17, 15) is 14.7 Å². The third kappa shape index (κ3) is 3.59. The second-order valence-electron chi connectivity index (χ2n) is 6.83. The molecule has 3 aromatic rings. The maximum atomic E-state index is 12.5. The summed E-state index contributed by atoms with van der Waals surface area (Å²) in [4.78, 5) is 30.6. The van der Waals surface area contributed by atoms with Gasteiger partial charge in [-0.2, -0.15) is 0 Å². The fourth-order valence-corrected chi connectivity index (χ4v) is 4.11. The number of benzene rings is 1. The van der Waals surface area contributed by atoms with Crippen molar-refractivity contribution < 1.29 is 14.6 Å². The minimum Gasteiger partial charge on any atom is -0.478 e. The number of hydrogen-bond donors (Lipinski definition) is 2. The van der Waals surface area contributed by atoms with E-state index in [0.29, 0.717) is 27.0 Å². The van der Waals surface area contributed by atoms with E-state index < -0.39 is 5.97 Å². The van der Waals surface area contributed by atoms with Gasteiger partial charge in [0.1, 0.15) is 11.1 Å². The molecule has 1 aromatic carbocycles. The number of aromatic nitrogens is 3. The third-order valence-corrected chi connectivity index (χ3v) is 5.50. The second kappa shape index (κ2) is 7.48. The molecule has 7 nitrogen and oxygen atoms in total. The number of imidazole rings is 1. The summed E-state index contributed by atoms with van der Waals surface area (Å²) >= 11 is 12.0. The van der Waals surface area contributed by atoms with Crippen LogP contribution in [0.4, 0.5) is 0 Å². The summed E-state index contributed by atoms with van der Waals surface area (Å²) in [6, 6.07) is 6.20. The molecule has 146 valence electrons. The molecule has 0 spiro atoms. The van der Waals surface area contributed by atoms with Gasteiger partial charge >= 0.3 is 11.7 Å². The third-order valence-electron chi connectivity index (χ3n) is 5.03. The van der Waals surface area contributed by atoms with Crippen LogP contribution < -0.4 is 10.4 Å². The van der Waals surface area contributed by atoms with Crippen LogP contribution in [0.15, 0.2) is 35.3 Å². The van der Waals surface area contributed by atoms with Gasteiger partial charge in [-0.15, -0.1) is 0 Å². The Morgan fingerprint density at radius 3 is 2.64 bits per heavy atom. The molecule has 0 bridgehead atoms. The second-order valence-corrected chi connectivity index (χ2v) is 7.67. The number of carbonyl (C=O) groups is 1. The monoisotopic (exact) mass is 421 g/mol. The number of pyridine rings is 1. The molecular weight excluding hydrogens is 405 g/mol. The quantitative estimate of drug-likeness (QED) is 0.654. The van der Waals surface area contributed by atoms with Gasteiger partial charge in [-0.25, -0.2) is 14.6 Å². The number of nitrogens with zero attached hydrogens (tertiary/aromatic N) is 2. The van der Waals surface area contributed by atoms with Crippen molar-refractivity contribution in [3.05, 3.63) is 56.6 Å². The highest BCUT2D eigenvalue weighted by molar-refractivity contribution is 6.35. The molecule has 4 rings (SSSR count).